The molecule has 0 radical (unpaired) electrons. The van der Waals surface area contributed by atoms with Gasteiger partial charge in [-0.15, -0.1) is 0 Å². The predicted molar refractivity (Wildman–Crippen MR) is 118 cm³/mol. The first-order valence-electron chi connectivity index (χ1n) is 10.8. The molecular formula is C25H34O6. The van der Waals surface area contributed by atoms with E-state index in [9.17, 15) is 14.4 Å². The molecular weight excluding hydrogens is 396 g/mol. The molecule has 0 unspecified atom stereocenters. The zero-order valence-corrected chi connectivity index (χ0v) is 19.6. The molecule has 1 aliphatic heterocycles. The molecule has 0 spiro atoms. The van der Waals surface area contributed by atoms with Crippen LogP contribution in [0.4, 0.5) is 0 Å². The van der Waals surface area contributed by atoms with E-state index in [1.165, 1.54) is 0 Å². The molecule has 1 saturated heterocycles. The molecule has 0 amide bonds. The van der Waals surface area contributed by atoms with Crippen molar-refractivity contribution in [1.29, 1.82) is 0 Å². The summed E-state index contributed by atoms with van der Waals surface area (Å²) in [6.07, 6.45) is 8.06. The van der Waals surface area contributed by atoms with Crippen molar-refractivity contribution in [2.45, 2.75) is 85.5 Å². The van der Waals surface area contributed by atoms with E-state index >= 15 is 0 Å². The molecule has 0 N–H and O–H groups in total. The summed E-state index contributed by atoms with van der Waals surface area (Å²) in [6, 6.07) is 0. The average molecular weight is 431 g/mol. The van der Waals surface area contributed by atoms with Gasteiger partial charge < -0.3 is 14.2 Å². The van der Waals surface area contributed by atoms with E-state index < -0.39 is 41.6 Å². The van der Waals surface area contributed by atoms with E-state index in [4.69, 9.17) is 14.2 Å². The summed E-state index contributed by atoms with van der Waals surface area (Å²) in [5.41, 5.74) is 1.37. The monoisotopic (exact) mass is 430 g/mol. The van der Waals surface area contributed by atoms with Crippen LogP contribution in [-0.2, 0) is 28.6 Å². The van der Waals surface area contributed by atoms with Crippen LogP contribution in [0.15, 0.2) is 46.6 Å². The van der Waals surface area contributed by atoms with Crippen molar-refractivity contribution >= 4 is 17.9 Å². The number of hydrogen-bond donors (Lipinski definition) is 0. The molecule has 0 saturated carbocycles. The van der Waals surface area contributed by atoms with Gasteiger partial charge in [0.15, 0.2) is 0 Å². The second-order valence-corrected chi connectivity index (χ2v) is 8.59. The molecule has 2 rings (SSSR count). The molecule has 6 heteroatoms. The van der Waals surface area contributed by atoms with Crippen molar-refractivity contribution in [2.75, 3.05) is 0 Å². The molecule has 1 heterocycles. The highest BCUT2D eigenvalue weighted by atomic mass is 16.6. The van der Waals surface area contributed by atoms with Gasteiger partial charge in [-0.2, -0.15) is 0 Å². The SMILES string of the molecule is C/C=C(/C)C(=O)O[C@@H]1/C=C(\C)CCC=C(C)C[C@H]2OC(=O)[C@](C)(OC(=O)/C(C)=C\C)[C@H]12. The maximum Gasteiger partial charge on any atom is 0.351 e. The van der Waals surface area contributed by atoms with Gasteiger partial charge >= 0.3 is 17.9 Å². The third-order valence-corrected chi connectivity index (χ3v) is 6.12. The van der Waals surface area contributed by atoms with Crippen LogP contribution in [0.25, 0.3) is 0 Å². The fraction of sp³-hybridized carbons (Fsp3) is 0.560. The van der Waals surface area contributed by atoms with Gasteiger partial charge in [0.05, 0.1) is 5.92 Å². The van der Waals surface area contributed by atoms with Crippen molar-refractivity contribution in [3.8, 4) is 0 Å². The van der Waals surface area contributed by atoms with E-state index in [1.807, 2.05) is 19.9 Å². The van der Waals surface area contributed by atoms with Gasteiger partial charge in [0, 0.05) is 17.6 Å². The van der Waals surface area contributed by atoms with Crippen molar-refractivity contribution in [2.24, 2.45) is 5.92 Å². The number of rotatable bonds is 4. The molecule has 1 fully saturated rings. The lowest BCUT2D eigenvalue weighted by atomic mass is 9.79. The predicted octanol–water partition coefficient (Wildman–Crippen LogP) is 4.75. The number of ether oxygens (including phenoxy) is 3. The van der Waals surface area contributed by atoms with Gasteiger partial charge in [-0.3, -0.25) is 0 Å². The first kappa shape index (κ1) is 24.6. The third kappa shape index (κ3) is 5.54. The van der Waals surface area contributed by atoms with Gasteiger partial charge in [0.2, 0.25) is 5.60 Å². The number of fused-ring (bicyclic) bond motifs is 1. The van der Waals surface area contributed by atoms with Gasteiger partial charge in [0.1, 0.15) is 12.2 Å². The third-order valence-electron chi connectivity index (χ3n) is 6.12. The zero-order valence-electron chi connectivity index (χ0n) is 19.6. The molecule has 6 nitrogen and oxygen atoms in total. The van der Waals surface area contributed by atoms with Crippen molar-refractivity contribution in [1.82, 2.24) is 0 Å². The molecule has 0 aromatic rings. The van der Waals surface area contributed by atoms with Crippen LogP contribution in [0.5, 0.6) is 0 Å². The van der Waals surface area contributed by atoms with E-state index in [2.05, 4.69) is 6.08 Å². The Kier molecular flexibility index (Phi) is 8.04. The minimum absolute atomic E-state index is 0.387. The van der Waals surface area contributed by atoms with Gasteiger partial charge in [-0.05, 0) is 67.4 Å². The van der Waals surface area contributed by atoms with E-state index in [0.717, 1.165) is 24.0 Å². The number of hydrogen-bond acceptors (Lipinski definition) is 6. The molecule has 0 aromatic heterocycles. The Bertz CT molecular complexity index is 859. The van der Waals surface area contributed by atoms with Crippen molar-refractivity contribution in [3.05, 3.63) is 46.6 Å². The number of carbonyl (C=O) groups excluding carboxylic acids is 3. The summed E-state index contributed by atoms with van der Waals surface area (Å²) in [6.45, 7) is 12.3. The Morgan fingerprint density at radius 2 is 1.71 bits per heavy atom. The summed E-state index contributed by atoms with van der Waals surface area (Å²) in [7, 11) is 0. The maximum absolute atomic E-state index is 13.0. The van der Waals surface area contributed by atoms with Crippen LogP contribution in [0, 0.1) is 5.92 Å². The second-order valence-electron chi connectivity index (χ2n) is 8.59. The second kappa shape index (κ2) is 10.1. The number of esters is 3. The lowest BCUT2D eigenvalue weighted by molar-refractivity contribution is -0.174. The quantitative estimate of drug-likeness (QED) is 0.277. The molecule has 0 bridgehead atoms. The normalized spacial score (nSPS) is 31.6. The van der Waals surface area contributed by atoms with E-state index in [1.54, 1.807) is 46.8 Å². The minimum Gasteiger partial charge on any atom is -0.458 e. The van der Waals surface area contributed by atoms with Gasteiger partial charge in [0.25, 0.3) is 0 Å². The van der Waals surface area contributed by atoms with Crippen LogP contribution in [0.3, 0.4) is 0 Å². The smallest absolute Gasteiger partial charge is 0.351 e. The number of allylic oxidation sites excluding steroid dienone is 4. The Labute approximate surface area is 185 Å². The zero-order chi connectivity index (χ0) is 23.3. The van der Waals surface area contributed by atoms with Crippen LogP contribution < -0.4 is 0 Å². The molecule has 4 atom stereocenters. The Morgan fingerprint density at radius 3 is 2.32 bits per heavy atom. The molecule has 2 aliphatic rings. The van der Waals surface area contributed by atoms with Crippen LogP contribution >= 0.6 is 0 Å². The fourth-order valence-electron chi connectivity index (χ4n) is 3.87. The molecule has 170 valence electrons. The van der Waals surface area contributed by atoms with Crippen LogP contribution in [0.2, 0.25) is 0 Å². The minimum atomic E-state index is -1.59. The molecule has 1 aliphatic carbocycles. The van der Waals surface area contributed by atoms with Gasteiger partial charge in [-0.25, -0.2) is 14.4 Å². The first-order valence-corrected chi connectivity index (χ1v) is 10.8. The average Bonchev–Trinajstić information content (AvgIpc) is 2.94. The summed E-state index contributed by atoms with van der Waals surface area (Å²) < 4.78 is 17.3. The van der Waals surface area contributed by atoms with E-state index in [-0.39, 0.29) is 0 Å². The summed E-state index contributed by atoms with van der Waals surface area (Å²) in [5, 5.41) is 0. The first-order chi connectivity index (χ1) is 14.5. The summed E-state index contributed by atoms with van der Waals surface area (Å²) in [5.74, 6) is -2.38. The lowest BCUT2D eigenvalue weighted by Crippen LogP contribution is -2.49. The molecule has 31 heavy (non-hydrogen) atoms. The highest BCUT2D eigenvalue weighted by Gasteiger charge is 2.60. The highest BCUT2D eigenvalue weighted by molar-refractivity contribution is 5.92. The van der Waals surface area contributed by atoms with Gasteiger partial charge in [-0.1, -0.05) is 29.4 Å². The highest BCUT2D eigenvalue weighted by Crippen LogP contribution is 2.43. The summed E-state index contributed by atoms with van der Waals surface area (Å²) in [4.78, 5) is 38.3. The Morgan fingerprint density at radius 1 is 1.10 bits per heavy atom. The molecule has 0 aromatic carbocycles. The number of carbonyl (C=O) groups is 3. The van der Waals surface area contributed by atoms with Crippen molar-refractivity contribution in [3.63, 3.8) is 0 Å². The lowest BCUT2D eigenvalue weighted by Gasteiger charge is -2.34. The van der Waals surface area contributed by atoms with Crippen molar-refractivity contribution < 1.29 is 28.6 Å². The van der Waals surface area contributed by atoms with Crippen LogP contribution in [-0.4, -0.2) is 35.7 Å². The fourth-order valence-corrected chi connectivity index (χ4v) is 3.87. The topological polar surface area (TPSA) is 78.9 Å². The Balaban J connectivity index is 2.57. The Hall–Kier alpha value is -2.63. The standard InChI is InChI=1S/C25H34O6/c1-8-17(5)22(26)29-19-13-15(3)11-10-12-16(4)14-20-21(19)25(7,24(28)30-20)31-23(27)18(6)9-2/h8-9,12-13,19-21H,10-11,14H2,1-7H3/b15-13+,16-12?,17-8-,18-9-/t19-,20-,21-,25-/m1/s1. The summed E-state index contributed by atoms with van der Waals surface area (Å²) >= 11 is 0. The maximum atomic E-state index is 13.0. The van der Waals surface area contributed by atoms with E-state index in [0.29, 0.717) is 17.6 Å². The van der Waals surface area contributed by atoms with Crippen LogP contribution in [0.1, 0.15) is 67.7 Å². The largest absolute Gasteiger partial charge is 0.458 e.